The van der Waals surface area contributed by atoms with Crippen LogP contribution in [0.25, 0.3) is 55.6 Å². The van der Waals surface area contributed by atoms with Gasteiger partial charge in [-0.1, -0.05) is 121 Å². The van der Waals surface area contributed by atoms with Gasteiger partial charge in [0.15, 0.2) is 0 Å². The molecule has 16 heteroatoms. The van der Waals surface area contributed by atoms with Crippen LogP contribution < -0.4 is 37.9 Å². The number of aliphatic hydroxyl groups excluding tert-OH is 8. The third-order valence-electron chi connectivity index (χ3n) is 15.7. The molecule has 0 fully saturated rings. The third-order valence-corrected chi connectivity index (χ3v) is 15.7. The lowest BCUT2D eigenvalue weighted by Gasteiger charge is -2.26. The molecule has 10 aromatic carbocycles. The van der Waals surface area contributed by atoms with Crippen molar-refractivity contribution in [3.05, 3.63) is 252 Å². The lowest BCUT2D eigenvalue weighted by Crippen LogP contribution is -2.12. The maximum absolute atomic E-state index is 10.2. The molecule has 10 rings (SSSR count). The van der Waals surface area contributed by atoms with Crippen molar-refractivity contribution in [3.8, 4) is 102 Å². The van der Waals surface area contributed by atoms with Crippen molar-refractivity contribution in [2.24, 2.45) is 0 Å². The molecule has 10 aromatic rings. The summed E-state index contributed by atoms with van der Waals surface area (Å²) in [6.07, 6.45) is 0. The Morgan fingerprint density at radius 1 is 0.191 bits per heavy atom. The van der Waals surface area contributed by atoms with E-state index in [4.69, 9.17) is 37.9 Å². The van der Waals surface area contributed by atoms with Gasteiger partial charge >= 0.3 is 0 Å². The highest BCUT2D eigenvalue weighted by Crippen LogP contribution is 2.47. The van der Waals surface area contributed by atoms with Gasteiger partial charge in [-0.3, -0.25) is 0 Å². The van der Waals surface area contributed by atoms with E-state index in [-0.39, 0.29) is 106 Å². The summed E-state index contributed by atoms with van der Waals surface area (Å²) in [5.74, 6) is 3.50. The molecule has 94 heavy (non-hydrogen) atoms. The fourth-order valence-corrected chi connectivity index (χ4v) is 11.4. The molecule has 0 bridgehead atoms. The van der Waals surface area contributed by atoms with Gasteiger partial charge < -0.3 is 78.7 Å². The Morgan fingerprint density at radius 2 is 0.362 bits per heavy atom. The average molecular weight is 1270 g/mol. The minimum atomic E-state index is -0.565. The smallest absolute Gasteiger partial charge is 0.123 e. The van der Waals surface area contributed by atoms with Gasteiger partial charge in [-0.15, -0.1) is 0 Å². The second-order valence-electron chi connectivity index (χ2n) is 21.8. The summed E-state index contributed by atoms with van der Waals surface area (Å²) in [4.78, 5) is 0. The van der Waals surface area contributed by atoms with Crippen molar-refractivity contribution >= 4 is 0 Å². The van der Waals surface area contributed by atoms with Crippen LogP contribution in [0, 0.1) is 0 Å². The van der Waals surface area contributed by atoms with E-state index >= 15 is 0 Å². The van der Waals surface area contributed by atoms with Crippen molar-refractivity contribution < 1.29 is 78.7 Å². The normalized spacial score (nSPS) is 11.2. The second kappa shape index (κ2) is 34.3. The summed E-state index contributed by atoms with van der Waals surface area (Å²) in [6, 6.07) is 71.1. The van der Waals surface area contributed by atoms with Gasteiger partial charge in [0, 0.05) is 34.1 Å². The maximum Gasteiger partial charge on any atom is 0.123 e. The molecular weight excluding hydrogens is 1190 g/mol. The number of ether oxygens (including phenoxy) is 8. The predicted molar refractivity (Wildman–Crippen MR) is 362 cm³/mol. The number of aliphatic hydroxyl groups is 8. The number of rotatable bonds is 35. The van der Waals surface area contributed by atoms with Crippen LogP contribution in [-0.4, -0.2) is 147 Å². The quantitative estimate of drug-likeness (QED) is 0.0173. The first kappa shape index (κ1) is 67.2. The standard InChI is InChI=1S/C78H78O16/c79-33-41-87-65-21-9-55(10-22-65)61-17-29-73(91-45-37-83)69(49-61)77(70-50-62(18-30-74(70)92-46-38-84)56-11-23-66(24-12-56)88-42-34-80)59-5-1-53(2-6-59)54-3-7-60(8-4-54)78(71-51-63(19-31-75(71)93-47-39-85)57-13-25-67(26-14-57)89-43-35-81)72-52-64(20-32-76(72)94-48-40-86)58-15-27-68(28-16-58)90-44-36-82/h1-32,49-52,77-86H,33-48H2. The van der Waals surface area contributed by atoms with E-state index in [2.05, 4.69) is 72.8 Å². The Hall–Kier alpha value is -9.72. The molecule has 8 N–H and O–H groups in total. The van der Waals surface area contributed by atoms with Crippen LogP contribution in [0.2, 0.25) is 0 Å². The highest BCUT2D eigenvalue weighted by Gasteiger charge is 2.29. The molecule has 0 aliphatic heterocycles. The summed E-state index contributed by atoms with van der Waals surface area (Å²) in [6.45, 7) is -0.583. The van der Waals surface area contributed by atoms with Crippen molar-refractivity contribution in [2.45, 2.75) is 11.8 Å². The highest BCUT2D eigenvalue weighted by molar-refractivity contribution is 5.75. The fourth-order valence-electron chi connectivity index (χ4n) is 11.4. The first-order chi connectivity index (χ1) is 46.3. The molecule has 0 spiro atoms. The van der Waals surface area contributed by atoms with Crippen LogP contribution in [0.3, 0.4) is 0 Å². The van der Waals surface area contributed by atoms with Crippen molar-refractivity contribution in [1.29, 1.82) is 0 Å². The Balaban J connectivity index is 1.11. The lowest BCUT2D eigenvalue weighted by molar-refractivity contribution is 0.198. The fraction of sp³-hybridized carbons (Fsp3) is 0.231. The van der Waals surface area contributed by atoms with E-state index in [1.165, 1.54) is 0 Å². The molecule has 16 nitrogen and oxygen atoms in total. The third kappa shape index (κ3) is 17.1. The Kier molecular flexibility index (Phi) is 24.5. The first-order valence-corrected chi connectivity index (χ1v) is 31.3. The summed E-state index contributed by atoms with van der Waals surface area (Å²) in [5.41, 5.74) is 13.8. The summed E-state index contributed by atoms with van der Waals surface area (Å²) in [5, 5.41) is 78.4. The van der Waals surface area contributed by atoms with Crippen molar-refractivity contribution in [3.63, 3.8) is 0 Å². The summed E-state index contributed by atoms with van der Waals surface area (Å²) >= 11 is 0. The lowest BCUT2D eigenvalue weighted by atomic mass is 9.81. The van der Waals surface area contributed by atoms with Crippen LogP contribution in [0.4, 0.5) is 0 Å². The molecule has 0 aliphatic carbocycles. The van der Waals surface area contributed by atoms with E-state index < -0.39 is 11.8 Å². The van der Waals surface area contributed by atoms with Crippen LogP contribution in [0.15, 0.2) is 218 Å². The van der Waals surface area contributed by atoms with Crippen molar-refractivity contribution in [1.82, 2.24) is 0 Å². The van der Waals surface area contributed by atoms with Crippen molar-refractivity contribution in [2.75, 3.05) is 106 Å². The predicted octanol–water partition coefficient (Wildman–Crippen LogP) is 11.4. The first-order valence-electron chi connectivity index (χ1n) is 31.3. The van der Waals surface area contributed by atoms with Gasteiger partial charge in [0.1, 0.15) is 98.9 Å². The molecular formula is C78H78O16. The van der Waals surface area contributed by atoms with Gasteiger partial charge in [0.2, 0.25) is 0 Å². The monoisotopic (exact) mass is 1270 g/mol. The zero-order chi connectivity index (χ0) is 65.4. The summed E-state index contributed by atoms with van der Waals surface area (Å²) < 4.78 is 48.5. The Morgan fingerprint density at radius 3 is 0.564 bits per heavy atom. The second-order valence-corrected chi connectivity index (χ2v) is 21.8. The molecule has 0 saturated heterocycles. The zero-order valence-electron chi connectivity index (χ0n) is 52.1. The van der Waals surface area contributed by atoms with Gasteiger partial charge in [0.25, 0.3) is 0 Å². The molecule has 0 unspecified atom stereocenters. The van der Waals surface area contributed by atoms with Crippen LogP contribution in [-0.2, 0) is 0 Å². The van der Waals surface area contributed by atoms with Crippen LogP contribution >= 0.6 is 0 Å². The van der Waals surface area contributed by atoms with Crippen LogP contribution in [0.1, 0.15) is 45.2 Å². The number of hydrogen-bond acceptors (Lipinski definition) is 16. The highest BCUT2D eigenvalue weighted by atomic mass is 16.5. The summed E-state index contributed by atoms with van der Waals surface area (Å²) in [7, 11) is 0. The Bertz CT molecular complexity index is 3480. The molecule has 0 amide bonds. The Labute approximate surface area is 547 Å². The van der Waals surface area contributed by atoms with Gasteiger partial charge in [0.05, 0.1) is 52.9 Å². The topological polar surface area (TPSA) is 236 Å². The minimum absolute atomic E-state index is 0.0297. The van der Waals surface area contributed by atoms with Gasteiger partial charge in [-0.2, -0.15) is 0 Å². The van der Waals surface area contributed by atoms with Gasteiger partial charge in [-0.05, 0) is 164 Å². The van der Waals surface area contributed by atoms with Gasteiger partial charge in [-0.25, -0.2) is 0 Å². The minimum Gasteiger partial charge on any atom is -0.491 e. The SMILES string of the molecule is OCCOc1ccc(-c2ccc(OCCO)c(C(c3ccc(-c4ccc(C(c5cc(-c6ccc(OCCO)cc6)ccc5OCCO)c5cc(-c6ccc(OCCO)cc6)ccc5OCCO)cc4)cc3)c3cc(-c4ccc(OCCO)cc4)ccc3OCCO)c2)cc1. The molecule has 0 atom stereocenters. The van der Waals surface area contributed by atoms with E-state index in [1.807, 2.05) is 146 Å². The number of hydrogen-bond donors (Lipinski definition) is 8. The molecule has 0 radical (unpaired) electrons. The zero-order valence-corrected chi connectivity index (χ0v) is 52.1. The molecule has 0 aromatic heterocycles. The number of benzene rings is 10. The van der Waals surface area contributed by atoms with E-state index in [1.54, 1.807) is 0 Å². The van der Waals surface area contributed by atoms with Crippen LogP contribution in [0.5, 0.6) is 46.0 Å². The van der Waals surface area contributed by atoms with E-state index in [0.717, 1.165) is 89.0 Å². The maximum atomic E-state index is 10.2. The van der Waals surface area contributed by atoms with E-state index in [9.17, 15) is 40.9 Å². The largest absolute Gasteiger partial charge is 0.491 e. The molecule has 0 heterocycles. The average Bonchev–Trinajstić information content (AvgIpc) is 0.811. The molecule has 0 aliphatic rings. The van der Waals surface area contributed by atoms with E-state index in [0.29, 0.717) is 46.0 Å². The molecule has 486 valence electrons. The molecule has 0 saturated carbocycles.